The number of hydrogen-bond donors (Lipinski definition) is 0. The Hall–Kier alpha value is -3.41. The van der Waals surface area contributed by atoms with Gasteiger partial charge in [-0.05, 0) is 116 Å². The maximum Gasteiger partial charge on any atom is 0.306 e. The molecule has 0 bridgehead atoms. The van der Waals surface area contributed by atoms with Gasteiger partial charge in [0.05, 0.1) is 0 Å². The monoisotopic (exact) mass is 1160 g/mol. The fourth-order valence-electron chi connectivity index (χ4n) is 10.5. The van der Waals surface area contributed by atoms with Crippen LogP contribution in [0, 0.1) is 0 Å². The van der Waals surface area contributed by atoms with Crippen LogP contribution in [0.25, 0.3) is 0 Å². The molecule has 83 heavy (non-hydrogen) atoms. The Balaban J connectivity index is 4.35. The van der Waals surface area contributed by atoms with Gasteiger partial charge in [0, 0.05) is 19.3 Å². The lowest BCUT2D eigenvalue weighted by Crippen LogP contribution is -2.30. The second-order valence-electron chi connectivity index (χ2n) is 24.1. The maximum absolute atomic E-state index is 13.0. The SMILES string of the molecule is CC/C=C\C/C=C\C/C=C\C/C=C\CCCCCCC(=O)OCC(COC(=O)CCCCCCCCCCCCCCC/C=C\CCCCCCCCCC)OC(=O)CCCCCCCCCCCCC/C=C\C/C=C\CCCCCCC. The lowest BCUT2D eigenvalue weighted by molar-refractivity contribution is -0.167. The minimum absolute atomic E-state index is 0.0831. The largest absolute Gasteiger partial charge is 0.462 e. The molecule has 0 aliphatic carbocycles. The van der Waals surface area contributed by atoms with E-state index in [0.29, 0.717) is 19.3 Å². The van der Waals surface area contributed by atoms with Crippen molar-refractivity contribution in [1.29, 1.82) is 0 Å². The summed E-state index contributed by atoms with van der Waals surface area (Å²) >= 11 is 0. The summed E-state index contributed by atoms with van der Waals surface area (Å²) in [5.74, 6) is -0.891. The molecule has 480 valence electrons. The Kier molecular flexibility index (Phi) is 68.2. The Morgan fingerprint density at radius 2 is 0.470 bits per heavy atom. The van der Waals surface area contributed by atoms with Crippen molar-refractivity contribution in [3.63, 3.8) is 0 Å². The molecule has 0 aromatic carbocycles. The first kappa shape index (κ1) is 79.6. The molecule has 0 aliphatic rings. The predicted octanol–water partition coefficient (Wildman–Crippen LogP) is 25.0. The van der Waals surface area contributed by atoms with Crippen LogP contribution in [0.3, 0.4) is 0 Å². The molecule has 0 amide bonds. The average molecular weight is 1160 g/mol. The lowest BCUT2D eigenvalue weighted by atomic mass is 10.0. The molecule has 0 rings (SSSR count). The van der Waals surface area contributed by atoms with Crippen molar-refractivity contribution in [3.05, 3.63) is 85.1 Å². The van der Waals surface area contributed by atoms with Gasteiger partial charge in [-0.1, -0.05) is 318 Å². The zero-order valence-corrected chi connectivity index (χ0v) is 55.2. The van der Waals surface area contributed by atoms with Gasteiger partial charge in [0.15, 0.2) is 6.10 Å². The molecule has 0 aromatic heterocycles. The molecule has 6 heteroatoms. The Morgan fingerprint density at radius 3 is 0.747 bits per heavy atom. The molecule has 6 nitrogen and oxygen atoms in total. The molecule has 0 saturated carbocycles. The number of ether oxygens (including phenoxy) is 3. The minimum atomic E-state index is -0.790. The summed E-state index contributed by atoms with van der Waals surface area (Å²) in [4.78, 5) is 38.5. The van der Waals surface area contributed by atoms with Crippen molar-refractivity contribution in [1.82, 2.24) is 0 Å². The highest BCUT2D eigenvalue weighted by atomic mass is 16.6. The Labute approximate surface area is 515 Å². The summed E-state index contributed by atoms with van der Waals surface area (Å²) < 4.78 is 17.0. The van der Waals surface area contributed by atoms with E-state index in [1.54, 1.807) is 0 Å². The van der Waals surface area contributed by atoms with Crippen LogP contribution in [0.5, 0.6) is 0 Å². The highest BCUT2D eigenvalue weighted by Gasteiger charge is 2.19. The van der Waals surface area contributed by atoms with Gasteiger partial charge in [0.25, 0.3) is 0 Å². The first-order valence-corrected chi connectivity index (χ1v) is 36.1. The van der Waals surface area contributed by atoms with Crippen LogP contribution in [0.15, 0.2) is 85.1 Å². The van der Waals surface area contributed by atoms with Crippen molar-refractivity contribution in [2.24, 2.45) is 0 Å². The van der Waals surface area contributed by atoms with Gasteiger partial charge in [-0.25, -0.2) is 0 Å². The van der Waals surface area contributed by atoms with Gasteiger partial charge >= 0.3 is 17.9 Å². The summed E-state index contributed by atoms with van der Waals surface area (Å²) in [7, 11) is 0. The number of hydrogen-bond acceptors (Lipinski definition) is 6. The third-order valence-corrected chi connectivity index (χ3v) is 15.9. The van der Waals surface area contributed by atoms with E-state index in [1.165, 1.54) is 225 Å². The van der Waals surface area contributed by atoms with Gasteiger partial charge in [-0.15, -0.1) is 0 Å². The first-order chi connectivity index (χ1) is 41.0. The van der Waals surface area contributed by atoms with E-state index in [-0.39, 0.29) is 31.1 Å². The lowest BCUT2D eigenvalue weighted by Gasteiger charge is -2.18. The number of allylic oxidation sites excluding steroid dienone is 14. The Morgan fingerprint density at radius 1 is 0.253 bits per heavy atom. The van der Waals surface area contributed by atoms with E-state index in [0.717, 1.165) is 103 Å². The third kappa shape index (κ3) is 69.3. The van der Waals surface area contributed by atoms with Crippen molar-refractivity contribution < 1.29 is 28.6 Å². The normalized spacial score (nSPS) is 12.6. The third-order valence-electron chi connectivity index (χ3n) is 15.9. The summed E-state index contributed by atoms with van der Waals surface area (Å²) in [6.07, 6.45) is 94.7. The fraction of sp³-hybridized carbons (Fsp3) is 0.779. The van der Waals surface area contributed by atoms with Crippen molar-refractivity contribution in [2.45, 2.75) is 374 Å². The second kappa shape index (κ2) is 71.1. The highest BCUT2D eigenvalue weighted by molar-refractivity contribution is 5.71. The summed E-state index contributed by atoms with van der Waals surface area (Å²) in [5, 5.41) is 0. The maximum atomic E-state index is 13.0. The fourth-order valence-corrected chi connectivity index (χ4v) is 10.5. The van der Waals surface area contributed by atoms with Crippen LogP contribution in [-0.2, 0) is 28.6 Å². The molecule has 1 atom stereocenters. The van der Waals surface area contributed by atoms with Gasteiger partial charge in [-0.2, -0.15) is 0 Å². The zero-order chi connectivity index (χ0) is 59.9. The van der Waals surface area contributed by atoms with E-state index >= 15 is 0 Å². The topological polar surface area (TPSA) is 78.9 Å². The number of esters is 3. The summed E-state index contributed by atoms with van der Waals surface area (Å²) in [5.41, 5.74) is 0. The van der Waals surface area contributed by atoms with E-state index in [4.69, 9.17) is 14.2 Å². The summed E-state index contributed by atoms with van der Waals surface area (Å²) in [6, 6.07) is 0. The molecule has 0 radical (unpaired) electrons. The van der Waals surface area contributed by atoms with E-state index in [1.807, 2.05) is 0 Å². The minimum Gasteiger partial charge on any atom is -0.462 e. The molecular weight excluding hydrogens is 1020 g/mol. The molecule has 0 aromatic rings. The molecule has 0 N–H and O–H groups in total. The Bertz CT molecular complexity index is 1570. The second-order valence-corrected chi connectivity index (χ2v) is 24.1. The van der Waals surface area contributed by atoms with Gasteiger partial charge in [0.2, 0.25) is 0 Å². The smallest absolute Gasteiger partial charge is 0.306 e. The van der Waals surface area contributed by atoms with Crippen molar-refractivity contribution in [2.75, 3.05) is 13.2 Å². The molecule has 0 aliphatic heterocycles. The van der Waals surface area contributed by atoms with Crippen LogP contribution in [-0.4, -0.2) is 37.2 Å². The standard InChI is InChI=1S/C77H136O6/c1-4-7-10-13-16-19-22-25-28-31-33-35-37-38-40-41-43-46-49-52-55-58-61-64-67-70-76(79)82-73-74(72-81-75(78)69-66-63-60-57-54-51-48-45-30-27-24-21-18-15-12-9-6-3)83-77(80)71-68-65-62-59-56-53-50-47-44-42-39-36-34-32-29-26-23-20-17-14-11-8-5-2/h9,12,18,21,23,26-27,30-34,48,51,74H,4-8,10-11,13-17,19-20,22,24-25,28-29,35-47,49-50,52-73H2,1-3H3/b12-9-,21-18-,26-23-,30-27-,33-31-,34-32-,51-48-. The van der Waals surface area contributed by atoms with E-state index in [9.17, 15) is 14.4 Å². The number of rotatable bonds is 66. The van der Waals surface area contributed by atoms with Crippen LogP contribution in [0.4, 0.5) is 0 Å². The van der Waals surface area contributed by atoms with Crippen LogP contribution < -0.4 is 0 Å². The molecule has 0 fully saturated rings. The summed E-state index contributed by atoms with van der Waals surface area (Å²) in [6.45, 7) is 6.55. The van der Waals surface area contributed by atoms with E-state index < -0.39 is 6.10 Å². The predicted molar refractivity (Wildman–Crippen MR) is 362 cm³/mol. The van der Waals surface area contributed by atoms with Gasteiger partial charge in [0.1, 0.15) is 13.2 Å². The zero-order valence-electron chi connectivity index (χ0n) is 55.2. The molecule has 0 heterocycles. The van der Waals surface area contributed by atoms with Crippen molar-refractivity contribution >= 4 is 17.9 Å². The number of carbonyl (C=O) groups excluding carboxylic acids is 3. The molecular formula is C77H136O6. The molecule has 0 spiro atoms. The van der Waals surface area contributed by atoms with Gasteiger partial charge in [-0.3, -0.25) is 14.4 Å². The molecule has 0 saturated heterocycles. The average Bonchev–Trinajstić information content (AvgIpc) is 3.49. The van der Waals surface area contributed by atoms with Crippen LogP contribution in [0.1, 0.15) is 367 Å². The molecule has 1 unspecified atom stereocenters. The van der Waals surface area contributed by atoms with Crippen LogP contribution in [0.2, 0.25) is 0 Å². The first-order valence-electron chi connectivity index (χ1n) is 36.1. The number of carbonyl (C=O) groups is 3. The van der Waals surface area contributed by atoms with E-state index in [2.05, 4.69) is 106 Å². The highest BCUT2D eigenvalue weighted by Crippen LogP contribution is 2.17. The quantitative estimate of drug-likeness (QED) is 0.0261. The number of unbranched alkanes of at least 4 members (excludes halogenated alkanes) is 41. The van der Waals surface area contributed by atoms with Crippen LogP contribution >= 0.6 is 0 Å². The van der Waals surface area contributed by atoms with Gasteiger partial charge < -0.3 is 14.2 Å². The van der Waals surface area contributed by atoms with Crippen molar-refractivity contribution in [3.8, 4) is 0 Å².